The van der Waals surface area contributed by atoms with Gasteiger partial charge in [-0.05, 0) is 55.2 Å². The fourth-order valence-electron chi connectivity index (χ4n) is 3.31. The van der Waals surface area contributed by atoms with Crippen molar-refractivity contribution in [2.24, 2.45) is 0 Å². The molecule has 1 aliphatic carbocycles. The molecule has 0 unspecified atom stereocenters. The van der Waals surface area contributed by atoms with Crippen molar-refractivity contribution in [1.82, 2.24) is 9.97 Å². The summed E-state index contributed by atoms with van der Waals surface area (Å²) in [7, 11) is 1.62. The molecule has 5 heteroatoms. The van der Waals surface area contributed by atoms with Gasteiger partial charge in [0.2, 0.25) is 0 Å². The van der Waals surface area contributed by atoms with Crippen LogP contribution in [0.1, 0.15) is 28.0 Å². The lowest BCUT2D eigenvalue weighted by Gasteiger charge is -2.09. The van der Waals surface area contributed by atoms with Gasteiger partial charge in [-0.2, -0.15) is 0 Å². The summed E-state index contributed by atoms with van der Waals surface area (Å²) >= 11 is 0. The number of ether oxygens (including phenoxy) is 1. The van der Waals surface area contributed by atoms with Crippen LogP contribution < -0.4 is 10.1 Å². The van der Waals surface area contributed by atoms with Gasteiger partial charge in [0.1, 0.15) is 5.75 Å². The van der Waals surface area contributed by atoms with Crippen molar-refractivity contribution in [1.29, 1.82) is 0 Å². The maximum atomic E-state index is 12.8. The number of benzene rings is 1. The second-order valence-corrected chi connectivity index (χ2v) is 6.10. The van der Waals surface area contributed by atoms with Crippen LogP contribution in [0.5, 0.6) is 5.75 Å². The highest BCUT2D eigenvalue weighted by molar-refractivity contribution is 6.09. The van der Waals surface area contributed by atoms with E-state index in [1.807, 2.05) is 30.3 Å². The molecule has 126 valence electrons. The van der Waals surface area contributed by atoms with Crippen molar-refractivity contribution < 1.29 is 9.53 Å². The number of aryl methyl sites for hydroxylation is 2. The lowest BCUT2D eigenvalue weighted by molar-refractivity contribution is 0.102. The van der Waals surface area contributed by atoms with Gasteiger partial charge in [0.05, 0.1) is 18.4 Å². The number of anilines is 1. The number of hydrogen-bond acceptors (Lipinski definition) is 3. The first kappa shape index (κ1) is 15.4. The summed E-state index contributed by atoms with van der Waals surface area (Å²) in [5.74, 6) is 0.618. The van der Waals surface area contributed by atoms with E-state index in [0.29, 0.717) is 5.56 Å². The second kappa shape index (κ2) is 6.43. The van der Waals surface area contributed by atoms with E-state index in [4.69, 9.17) is 4.74 Å². The predicted molar refractivity (Wildman–Crippen MR) is 97.0 cm³/mol. The molecule has 2 heterocycles. The number of nitrogens with one attached hydrogen (secondary N) is 2. The quantitative estimate of drug-likeness (QED) is 0.765. The smallest absolute Gasteiger partial charge is 0.257 e. The molecule has 0 atom stereocenters. The Morgan fingerprint density at radius 1 is 1.20 bits per heavy atom. The molecule has 2 N–H and O–H groups in total. The van der Waals surface area contributed by atoms with Crippen molar-refractivity contribution in [3.8, 4) is 17.0 Å². The van der Waals surface area contributed by atoms with Gasteiger partial charge < -0.3 is 15.0 Å². The molecule has 4 rings (SSSR count). The average molecular weight is 333 g/mol. The topological polar surface area (TPSA) is 67.0 Å². The molecule has 0 saturated heterocycles. The Morgan fingerprint density at radius 2 is 2.04 bits per heavy atom. The first-order valence-electron chi connectivity index (χ1n) is 8.36. The minimum absolute atomic E-state index is 0.138. The van der Waals surface area contributed by atoms with Crippen molar-refractivity contribution >= 4 is 11.6 Å². The van der Waals surface area contributed by atoms with E-state index in [2.05, 4.69) is 21.4 Å². The standard InChI is InChI=1S/C20H19N3O2/c1-25-15-9-7-14(8-10-15)23-20(24)16-12-22-17-6-2-4-13-5-3-11-21-19(13)18(16)17/h3,5,7-12,22H,2,4,6H2,1H3,(H,23,24). The summed E-state index contributed by atoms with van der Waals surface area (Å²) in [6, 6.07) is 11.3. The molecule has 1 aliphatic rings. The van der Waals surface area contributed by atoms with Crippen LogP contribution in [0.25, 0.3) is 11.3 Å². The van der Waals surface area contributed by atoms with E-state index in [1.54, 1.807) is 19.5 Å². The normalized spacial score (nSPS) is 12.7. The average Bonchev–Trinajstić information content (AvgIpc) is 2.98. The summed E-state index contributed by atoms with van der Waals surface area (Å²) in [6.07, 6.45) is 6.51. The molecule has 5 nitrogen and oxygen atoms in total. The van der Waals surface area contributed by atoms with Crippen molar-refractivity contribution in [2.45, 2.75) is 19.3 Å². The van der Waals surface area contributed by atoms with E-state index in [0.717, 1.165) is 47.7 Å². The zero-order valence-electron chi connectivity index (χ0n) is 14.0. The minimum Gasteiger partial charge on any atom is -0.497 e. The van der Waals surface area contributed by atoms with Gasteiger partial charge in [0.25, 0.3) is 5.91 Å². The zero-order valence-corrected chi connectivity index (χ0v) is 14.0. The first-order chi connectivity index (χ1) is 12.3. The van der Waals surface area contributed by atoms with Gasteiger partial charge in [-0.15, -0.1) is 0 Å². The van der Waals surface area contributed by atoms with E-state index in [9.17, 15) is 4.79 Å². The number of carbonyl (C=O) groups is 1. The van der Waals surface area contributed by atoms with Crippen LogP contribution in [0.2, 0.25) is 0 Å². The lowest BCUT2D eigenvalue weighted by Crippen LogP contribution is -2.12. The Balaban J connectivity index is 1.68. The monoisotopic (exact) mass is 333 g/mol. The number of rotatable bonds is 3. The van der Waals surface area contributed by atoms with Crippen LogP contribution in [0.4, 0.5) is 5.69 Å². The summed E-state index contributed by atoms with van der Waals surface area (Å²) in [5.41, 5.74) is 5.48. The molecule has 0 fully saturated rings. The summed E-state index contributed by atoms with van der Waals surface area (Å²) in [4.78, 5) is 20.7. The van der Waals surface area contributed by atoms with Gasteiger partial charge in [0, 0.05) is 29.3 Å². The van der Waals surface area contributed by atoms with Gasteiger partial charge >= 0.3 is 0 Å². The number of fused-ring (bicyclic) bond motifs is 3. The van der Waals surface area contributed by atoms with Crippen LogP contribution >= 0.6 is 0 Å². The highest BCUT2D eigenvalue weighted by Crippen LogP contribution is 2.33. The molecule has 0 spiro atoms. The molecule has 3 aromatic rings. The Kier molecular flexibility index (Phi) is 3.98. The Labute approximate surface area is 146 Å². The predicted octanol–water partition coefficient (Wildman–Crippen LogP) is 3.83. The molecule has 0 saturated carbocycles. The number of aromatic nitrogens is 2. The molecule has 0 radical (unpaired) electrons. The van der Waals surface area contributed by atoms with Crippen molar-refractivity contribution in [3.63, 3.8) is 0 Å². The van der Waals surface area contributed by atoms with Crippen LogP contribution in [-0.4, -0.2) is 23.0 Å². The number of H-pyrrole nitrogens is 1. The van der Waals surface area contributed by atoms with Crippen LogP contribution in [0.15, 0.2) is 48.8 Å². The lowest BCUT2D eigenvalue weighted by atomic mass is 10.0. The third-order valence-corrected chi connectivity index (χ3v) is 4.56. The molecule has 0 bridgehead atoms. The third kappa shape index (κ3) is 2.89. The molecule has 2 aromatic heterocycles. The maximum Gasteiger partial charge on any atom is 0.257 e. The number of methoxy groups -OCH3 is 1. The highest BCUT2D eigenvalue weighted by atomic mass is 16.5. The van der Waals surface area contributed by atoms with E-state index in [1.165, 1.54) is 5.56 Å². The minimum atomic E-state index is -0.138. The summed E-state index contributed by atoms with van der Waals surface area (Å²) in [5, 5.41) is 2.95. The maximum absolute atomic E-state index is 12.8. The summed E-state index contributed by atoms with van der Waals surface area (Å²) in [6.45, 7) is 0. The highest BCUT2D eigenvalue weighted by Gasteiger charge is 2.23. The molecular formula is C20H19N3O2. The van der Waals surface area contributed by atoms with Crippen LogP contribution in [0.3, 0.4) is 0 Å². The fraction of sp³-hybridized carbons (Fsp3) is 0.200. The Hall–Kier alpha value is -3.08. The number of amides is 1. The zero-order chi connectivity index (χ0) is 17.2. The van der Waals surface area contributed by atoms with Gasteiger partial charge in [0.15, 0.2) is 0 Å². The van der Waals surface area contributed by atoms with E-state index >= 15 is 0 Å². The number of nitrogens with zero attached hydrogens (tertiary/aromatic N) is 1. The Bertz CT molecular complexity index is 913. The molecule has 25 heavy (non-hydrogen) atoms. The SMILES string of the molecule is COc1ccc(NC(=O)c2c[nH]c3c2-c2ncccc2CCC3)cc1. The number of hydrogen-bond donors (Lipinski definition) is 2. The number of carbonyl (C=O) groups excluding carboxylic acids is 1. The number of aromatic amines is 1. The molecular weight excluding hydrogens is 314 g/mol. The van der Waals surface area contributed by atoms with E-state index < -0.39 is 0 Å². The second-order valence-electron chi connectivity index (χ2n) is 6.10. The molecule has 1 amide bonds. The van der Waals surface area contributed by atoms with Crippen LogP contribution in [-0.2, 0) is 12.8 Å². The van der Waals surface area contributed by atoms with Crippen LogP contribution in [0, 0.1) is 0 Å². The van der Waals surface area contributed by atoms with E-state index in [-0.39, 0.29) is 5.91 Å². The third-order valence-electron chi connectivity index (χ3n) is 4.56. The summed E-state index contributed by atoms with van der Waals surface area (Å²) < 4.78 is 5.15. The number of pyridine rings is 1. The van der Waals surface area contributed by atoms with Gasteiger partial charge in [-0.25, -0.2) is 0 Å². The molecule has 1 aromatic carbocycles. The van der Waals surface area contributed by atoms with Gasteiger partial charge in [-0.1, -0.05) is 6.07 Å². The first-order valence-corrected chi connectivity index (χ1v) is 8.36. The fourth-order valence-corrected chi connectivity index (χ4v) is 3.31. The van der Waals surface area contributed by atoms with Crippen molar-refractivity contribution in [3.05, 3.63) is 65.6 Å². The Morgan fingerprint density at radius 3 is 2.84 bits per heavy atom. The van der Waals surface area contributed by atoms with Gasteiger partial charge in [-0.3, -0.25) is 9.78 Å². The molecule has 0 aliphatic heterocycles. The van der Waals surface area contributed by atoms with Crippen molar-refractivity contribution in [2.75, 3.05) is 12.4 Å². The largest absolute Gasteiger partial charge is 0.497 e.